The number of carbonyl (C=O) groups excluding carboxylic acids is 1. The molecule has 0 aliphatic heterocycles. The quantitative estimate of drug-likeness (QED) is 0.340. The van der Waals surface area contributed by atoms with Crippen molar-refractivity contribution < 1.29 is 19.7 Å². The van der Waals surface area contributed by atoms with Gasteiger partial charge in [0, 0.05) is 23.6 Å². The topological polar surface area (TPSA) is 78.8 Å². The van der Waals surface area contributed by atoms with Crippen LogP contribution in [-0.2, 0) is 9.53 Å². The van der Waals surface area contributed by atoms with Crippen molar-refractivity contribution in [3.8, 4) is 5.75 Å². The highest BCUT2D eigenvalue weighted by molar-refractivity contribution is 6.30. The van der Waals surface area contributed by atoms with Gasteiger partial charge < -0.3 is 20.3 Å². The summed E-state index contributed by atoms with van der Waals surface area (Å²) in [5.74, 6) is -0.101. The molecule has 6 heteroatoms. The molecule has 0 saturated carbocycles. The maximum Gasteiger partial charge on any atom is 0.305 e. The van der Waals surface area contributed by atoms with E-state index in [1.165, 1.54) is 13.2 Å². The van der Waals surface area contributed by atoms with Crippen LogP contribution in [0.5, 0.6) is 5.75 Å². The van der Waals surface area contributed by atoms with Crippen molar-refractivity contribution in [2.24, 2.45) is 0 Å². The maximum absolute atomic E-state index is 10.9. The lowest BCUT2D eigenvalue weighted by molar-refractivity contribution is -0.140. The summed E-state index contributed by atoms with van der Waals surface area (Å²) in [4.78, 5) is 10.9. The number of nitrogens with one attached hydrogen (secondary N) is 1. The molecular weight excluding hydrogens is 318 g/mol. The van der Waals surface area contributed by atoms with Gasteiger partial charge >= 0.3 is 5.97 Å². The molecule has 0 heterocycles. The van der Waals surface area contributed by atoms with Crippen LogP contribution in [0.25, 0.3) is 5.70 Å². The summed E-state index contributed by atoms with van der Waals surface area (Å²) < 4.78 is 4.59. The van der Waals surface area contributed by atoms with Gasteiger partial charge in [0.25, 0.3) is 0 Å². The van der Waals surface area contributed by atoms with E-state index in [0.29, 0.717) is 29.2 Å². The first-order valence-corrected chi connectivity index (χ1v) is 8.10. The van der Waals surface area contributed by atoms with Crippen molar-refractivity contribution in [2.75, 3.05) is 13.7 Å². The van der Waals surface area contributed by atoms with Crippen LogP contribution < -0.4 is 5.32 Å². The summed E-state index contributed by atoms with van der Waals surface area (Å²) in [5.41, 5.74) is 0.911. The Bertz CT molecular complexity index is 531. The average molecular weight is 342 g/mol. The Morgan fingerprint density at radius 2 is 1.96 bits per heavy atom. The molecule has 128 valence electrons. The molecule has 0 fully saturated rings. The van der Waals surface area contributed by atoms with E-state index in [1.807, 2.05) is 0 Å². The molecule has 5 nitrogen and oxygen atoms in total. The highest BCUT2D eigenvalue weighted by Gasteiger charge is 2.08. The lowest BCUT2D eigenvalue weighted by atomic mass is 10.1. The second kappa shape index (κ2) is 10.8. The third-order valence-electron chi connectivity index (χ3n) is 3.48. The highest BCUT2D eigenvalue weighted by Crippen LogP contribution is 2.26. The van der Waals surface area contributed by atoms with Crippen molar-refractivity contribution >= 4 is 23.3 Å². The predicted octanol–water partition coefficient (Wildman–Crippen LogP) is 4.01. The Morgan fingerprint density at radius 3 is 2.65 bits per heavy atom. The van der Waals surface area contributed by atoms with Gasteiger partial charge in [0.1, 0.15) is 12.0 Å². The largest absolute Gasteiger partial charge is 0.513 e. The van der Waals surface area contributed by atoms with Crippen LogP contribution in [0, 0.1) is 0 Å². The molecule has 0 radical (unpaired) electrons. The summed E-state index contributed by atoms with van der Waals surface area (Å²) in [6.45, 7) is 0.676. The number of rotatable bonds is 10. The lowest BCUT2D eigenvalue weighted by Crippen LogP contribution is -2.14. The summed E-state index contributed by atoms with van der Waals surface area (Å²) in [6, 6.07) is 4.67. The molecule has 0 amide bonds. The van der Waals surface area contributed by atoms with E-state index >= 15 is 0 Å². The number of aliphatic hydroxyl groups is 1. The van der Waals surface area contributed by atoms with E-state index in [2.05, 4.69) is 10.1 Å². The first-order chi connectivity index (χ1) is 11.1. The molecule has 1 aromatic rings. The smallest absolute Gasteiger partial charge is 0.305 e. The van der Waals surface area contributed by atoms with Crippen molar-refractivity contribution in [3.63, 3.8) is 0 Å². The Balaban J connectivity index is 2.24. The third-order valence-corrected chi connectivity index (χ3v) is 3.71. The number of methoxy groups -OCH3 is 1. The van der Waals surface area contributed by atoms with Gasteiger partial charge in [-0.05, 0) is 31.0 Å². The van der Waals surface area contributed by atoms with Crippen molar-refractivity contribution in [2.45, 2.75) is 38.5 Å². The Labute approximate surface area is 141 Å². The van der Waals surface area contributed by atoms with E-state index in [-0.39, 0.29) is 11.7 Å². The maximum atomic E-state index is 10.9. The van der Waals surface area contributed by atoms with E-state index in [4.69, 9.17) is 11.6 Å². The fraction of sp³-hybridized carbons (Fsp3) is 0.471. The van der Waals surface area contributed by atoms with Gasteiger partial charge in [-0.1, -0.05) is 30.9 Å². The fourth-order valence-corrected chi connectivity index (χ4v) is 2.36. The number of unbranched alkanes of at least 4 members (excludes halogenated alkanes) is 4. The van der Waals surface area contributed by atoms with Gasteiger partial charge in [0.15, 0.2) is 0 Å². The molecule has 3 N–H and O–H groups in total. The summed E-state index contributed by atoms with van der Waals surface area (Å²) in [7, 11) is 1.40. The molecule has 0 aliphatic carbocycles. The Kier molecular flexibility index (Phi) is 8.98. The number of hydrogen-bond donors (Lipinski definition) is 3. The molecule has 0 aromatic heterocycles. The molecule has 1 rings (SSSR count). The number of phenols is 1. The number of ether oxygens (including phenoxy) is 1. The van der Waals surface area contributed by atoms with Crippen LogP contribution in [0.15, 0.2) is 24.5 Å². The van der Waals surface area contributed by atoms with E-state index in [1.54, 1.807) is 12.1 Å². The fourth-order valence-electron chi connectivity index (χ4n) is 2.18. The van der Waals surface area contributed by atoms with Gasteiger partial charge in [-0.3, -0.25) is 4.79 Å². The normalized spacial score (nSPS) is 11.3. The zero-order chi connectivity index (χ0) is 17.1. The van der Waals surface area contributed by atoms with Crippen LogP contribution in [-0.4, -0.2) is 29.8 Å². The summed E-state index contributed by atoms with van der Waals surface area (Å²) >= 11 is 5.90. The van der Waals surface area contributed by atoms with Gasteiger partial charge in [-0.25, -0.2) is 0 Å². The number of esters is 1. The van der Waals surface area contributed by atoms with E-state index in [9.17, 15) is 15.0 Å². The summed E-state index contributed by atoms with van der Waals surface area (Å²) in [6.07, 6.45) is 6.23. The summed E-state index contributed by atoms with van der Waals surface area (Å²) in [5, 5.41) is 22.7. The minimum Gasteiger partial charge on any atom is -0.513 e. The average Bonchev–Trinajstić information content (AvgIpc) is 2.55. The van der Waals surface area contributed by atoms with Crippen LogP contribution in [0.4, 0.5) is 0 Å². The van der Waals surface area contributed by atoms with Crippen LogP contribution in [0.3, 0.4) is 0 Å². The Morgan fingerprint density at radius 1 is 1.26 bits per heavy atom. The molecule has 0 atom stereocenters. The molecule has 1 aromatic carbocycles. The first kappa shape index (κ1) is 19.2. The van der Waals surface area contributed by atoms with E-state index in [0.717, 1.165) is 38.4 Å². The zero-order valence-corrected chi connectivity index (χ0v) is 14.1. The SMILES string of the molecule is COC(=O)CCCCCCCN/C(=C\O)c1cc(Cl)ccc1O. The van der Waals surface area contributed by atoms with Gasteiger partial charge in [-0.15, -0.1) is 0 Å². The van der Waals surface area contributed by atoms with Crippen LogP contribution in [0.2, 0.25) is 5.02 Å². The highest BCUT2D eigenvalue weighted by atomic mass is 35.5. The van der Waals surface area contributed by atoms with Crippen molar-refractivity contribution in [1.29, 1.82) is 0 Å². The predicted molar refractivity (Wildman–Crippen MR) is 91.4 cm³/mol. The Hall–Kier alpha value is -1.88. The molecule has 0 saturated heterocycles. The molecule has 0 spiro atoms. The zero-order valence-electron chi connectivity index (χ0n) is 13.3. The third kappa shape index (κ3) is 7.28. The molecular formula is C17H24ClNO4. The minimum atomic E-state index is -0.161. The monoisotopic (exact) mass is 341 g/mol. The van der Waals surface area contributed by atoms with Crippen LogP contribution >= 0.6 is 11.6 Å². The van der Waals surface area contributed by atoms with E-state index < -0.39 is 0 Å². The number of aromatic hydroxyl groups is 1. The number of hydrogen-bond acceptors (Lipinski definition) is 5. The number of phenolic OH excluding ortho intramolecular Hbond substituents is 1. The van der Waals surface area contributed by atoms with Crippen molar-refractivity contribution in [1.82, 2.24) is 5.32 Å². The van der Waals surface area contributed by atoms with Gasteiger partial charge in [0.05, 0.1) is 12.8 Å². The molecule has 0 bridgehead atoms. The number of benzene rings is 1. The second-order valence-electron chi connectivity index (χ2n) is 5.22. The molecule has 0 aliphatic rings. The number of halogens is 1. The lowest BCUT2D eigenvalue weighted by Gasteiger charge is -2.12. The first-order valence-electron chi connectivity index (χ1n) is 7.72. The standard InChI is InChI=1S/C17H24ClNO4/c1-23-17(22)7-5-3-2-4-6-10-19-15(12-20)14-11-13(18)8-9-16(14)21/h8-9,11-12,19-21H,2-7,10H2,1H3/b15-12-. The van der Waals surface area contributed by atoms with Gasteiger partial charge in [0.2, 0.25) is 0 Å². The van der Waals surface area contributed by atoms with Gasteiger partial charge in [-0.2, -0.15) is 0 Å². The molecule has 0 unspecified atom stereocenters. The number of aliphatic hydroxyl groups excluding tert-OH is 1. The minimum absolute atomic E-state index is 0.0602. The van der Waals surface area contributed by atoms with Crippen molar-refractivity contribution in [3.05, 3.63) is 35.0 Å². The molecule has 23 heavy (non-hydrogen) atoms. The number of carbonyl (C=O) groups is 1. The second-order valence-corrected chi connectivity index (χ2v) is 5.66. The van der Waals surface area contributed by atoms with Crippen LogP contribution in [0.1, 0.15) is 44.1 Å².